The highest BCUT2D eigenvalue weighted by atomic mass is 32.2. The topological polar surface area (TPSA) is 87.2 Å². The van der Waals surface area contributed by atoms with Crippen LogP contribution >= 0.6 is 11.8 Å². The molecule has 3 fully saturated rings. The second-order valence-corrected chi connectivity index (χ2v) is 11.9. The Balaban J connectivity index is 2.06. The Labute approximate surface area is 201 Å². The summed E-state index contributed by atoms with van der Waals surface area (Å²) in [6.45, 7) is 16.4. The van der Waals surface area contributed by atoms with Gasteiger partial charge >= 0.3 is 5.97 Å². The summed E-state index contributed by atoms with van der Waals surface area (Å²) in [5.74, 6) is -1.64. The van der Waals surface area contributed by atoms with E-state index in [1.807, 2.05) is 20.8 Å². The number of esters is 1. The average Bonchev–Trinajstić information content (AvgIpc) is 3.33. The van der Waals surface area contributed by atoms with Gasteiger partial charge in [-0.15, -0.1) is 18.3 Å². The summed E-state index contributed by atoms with van der Waals surface area (Å²) in [6, 6.07) is -0.657. The number of hydrogen-bond acceptors (Lipinski definition) is 6. The molecule has 0 aromatic rings. The van der Waals surface area contributed by atoms with Crippen molar-refractivity contribution in [2.24, 2.45) is 17.8 Å². The van der Waals surface area contributed by atoms with Crippen LogP contribution < -0.4 is 0 Å². The van der Waals surface area contributed by atoms with Crippen molar-refractivity contribution in [2.75, 3.05) is 26.3 Å². The van der Waals surface area contributed by atoms with Crippen LogP contribution in [0.3, 0.4) is 0 Å². The molecule has 2 bridgehead atoms. The molecule has 0 aliphatic carbocycles. The van der Waals surface area contributed by atoms with Crippen molar-refractivity contribution in [1.29, 1.82) is 0 Å². The van der Waals surface area contributed by atoms with Crippen molar-refractivity contribution >= 4 is 29.5 Å². The lowest BCUT2D eigenvalue weighted by Gasteiger charge is -2.44. The van der Waals surface area contributed by atoms with Crippen molar-refractivity contribution in [3.8, 4) is 0 Å². The normalized spacial score (nSPS) is 32.6. The molecular weight excluding hydrogens is 440 g/mol. The molecule has 0 aromatic heterocycles. The number of nitrogens with zero attached hydrogens (tertiary/aromatic N) is 2. The smallest absolute Gasteiger partial charge is 0.311 e. The monoisotopic (exact) mass is 478 g/mol. The molecule has 184 valence electrons. The van der Waals surface area contributed by atoms with Gasteiger partial charge in [0.1, 0.15) is 12.6 Å². The molecule has 0 radical (unpaired) electrons. The predicted molar refractivity (Wildman–Crippen MR) is 130 cm³/mol. The molecule has 3 rings (SSSR count). The summed E-state index contributed by atoms with van der Waals surface area (Å²) >= 11 is 1.64. The van der Waals surface area contributed by atoms with Crippen LogP contribution in [0.15, 0.2) is 25.3 Å². The Bertz CT molecular complexity index is 809. The van der Waals surface area contributed by atoms with Gasteiger partial charge in [-0.1, -0.05) is 25.7 Å². The predicted octanol–water partition coefficient (Wildman–Crippen LogP) is 2.64. The van der Waals surface area contributed by atoms with E-state index in [9.17, 15) is 19.5 Å². The van der Waals surface area contributed by atoms with Gasteiger partial charge in [0.05, 0.1) is 16.6 Å². The van der Waals surface area contributed by atoms with Gasteiger partial charge in [-0.05, 0) is 46.0 Å². The summed E-state index contributed by atoms with van der Waals surface area (Å²) in [4.78, 5) is 44.6. The Morgan fingerprint density at radius 2 is 2.00 bits per heavy atom. The number of aliphatic hydroxyl groups is 1. The Morgan fingerprint density at radius 1 is 1.30 bits per heavy atom. The highest BCUT2D eigenvalue weighted by molar-refractivity contribution is 8.02. The largest absolute Gasteiger partial charge is 0.461 e. The number of aliphatic hydroxyl groups excluding tert-OH is 1. The standard InChI is InChI=1S/C25H38N2O5S/c1-7-11-27(24(4,5)6)22(30)20-25-16(3)15-17(33-25)18(23(31)32-14-8-2)19(25)21(29)26(20)12-9-10-13-28/h7-8,16-20,28H,1-2,9-15H2,3-6H3/t16?,17-,18+,19-,20?,25?/m0/s1. The maximum atomic E-state index is 14.2. The number of ether oxygens (including phenoxy) is 1. The van der Waals surface area contributed by atoms with Crippen LogP contribution in [-0.4, -0.2) is 80.6 Å². The van der Waals surface area contributed by atoms with Crippen molar-refractivity contribution in [3.05, 3.63) is 25.3 Å². The van der Waals surface area contributed by atoms with Crippen molar-refractivity contribution in [1.82, 2.24) is 9.80 Å². The SMILES string of the molecule is C=CCOC(=O)[C@@H]1[C@@H]2CC(C)C3(S2)C(C(=O)N(CC=C)C(C)(C)C)N(CCCCO)C(=O)[C@H]13. The Kier molecular flexibility index (Phi) is 7.68. The second kappa shape index (κ2) is 9.82. The van der Waals surface area contributed by atoms with E-state index in [1.165, 1.54) is 6.08 Å². The maximum absolute atomic E-state index is 14.2. The third kappa shape index (κ3) is 4.25. The van der Waals surface area contributed by atoms with Gasteiger partial charge in [0.25, 0.3) is 0 Å². The Morgan fingerprint density at radius 3 is 2.58 bits per heavy atom. The lowest BCUT2D eigenvalue weighted by molar-refractivity contribution is -0.153. The molecule has 1 spiro atoms. The van der Waals surface area contributed by atoms with Gasteiger partial charge in [-0.2, -0.15) is 0 Å². The zero-order valence-electron chi connectivity index (χ0n) is 20.3. The van der Waals surface area contributed by atoms with E-state index in [4.69, 9.17) is 4.74 Å². The molecule has 3 aliphatic rings. The number of carbonyl (C=O) groups excluding carboxylic acids is 3. The fourth-order valence-electron chi connectivity index (χ4n) is 5.91. The molecule has 7 nitrogen and oxygen atoms in total. The van der Waals surface area contributed by atoms with Crippen LogP contribution in [-0.2, 0) is 19.1 Å². The van der Waals surface area contributed by atoms with E-state index in [-0.39, 0.29) is 42.2 Å². The molecule has 8 heteroatoms. The lowest BCUT2D eigenvalue weighted by Crippen LogP contribution is -2.60. The number of likely N-dealkylation sites (tertiary alicyclic amines) is 1. The van der Waals surface area contributed by atoms with E-state index in [1.54, 1.807) is 27.6 Å². The first-order valence-electron chi connectivity index (χ1n) is 11.8. The minimum absolute atomic E-state index is 0.0313. The van der Waals surface area contributed by atoms with Gasteiger partial charge < -0.3 is 19.6 Å². The third-order valence-corrected chi connectivity index (χ3v) is 9.37. The van der Waals surface area contributed by atoms with Crippen LogP contribution in [0.4, 0.5) is 0 Å². The second-order valence-electron chi connectivity index (χ2n) is 10.3. The van der Waals surface area contributed by atoms with Gasteiger partial charge in [-0.25, -0.2) is 0 Å². The number of carbonyl (C=O) groups is 3. The summed E-state index contributed by atoms with van der Waals surface area (Å²) in [5.41, 5.74) is -0.452. The zero-order chi connectivity index (χ0) is 24.6. The van der Waals surface area contributed by atoms with Gasteiger partial charge in [0.15, 0.2) is 0 Å². The average molecular weight is 479 g/mol. The first-order chi connectivity index (χ1) is 15.6. The minimum Gasteiger partial charge on any atom is -0.461 e. The first-order valence-corrected chi connectivity index (χ1v) is 12.7. The highest BCUT2D eigenvalue weighted by Gasteiger charge is 2.76. The fraction of sp³-hybridized carbons (Fsp3) is 0.720. The van der Waals surface area contributed by atoms with E-state index >= 15 is 0 Å². The van der Waals surface area contributed by atoms with Crippen LogP contribution in [0.1, 0.15) is 47.0 Å². The number of fused-ring (bicyclic) bond motifs is 1. The molecule has 3 saturated heterocycles. The molecule has 0 saturated carbocycles. The lowest BCUT2D eigenvalue weighted by atomic mass is 9.66. The van der Waals surface area contributed by atoms with E-state index in [0.717, 1.165) is 6.42 Å². The van der Waals surface area contributed by atoms with Gasteiger partial charge in [0, 0.05) is 30.5 Å². The molecule has 3 aliphatic heterocycles. The molecule has 3 unspecified atom stereocenters. The highest BCUT2D eigenvalue weighted by Crippen LogP contribution is 2.68. The van der Waals surface area contributed by atoms with E-state index in [0.29, 0.717) is 25.9 Å². The van der Waals surface area contributed by atoms with Gasteiger partial charge in [-0.3, -0.25) is 14.4 Å². The van der Waals surface area contributed by atoms with Crippen LogP contribution in [0.5, 0.6) is 0 Å². The van der Waals surface area contributed by atoms with Crippen LogP contribution in [0.2, 0.25) is 0 Å². The van der Waals surface area contributed by atoms with Gasteiger partial charge in [0.2, 0.25) is 11.8 Å². The number of unbranched alkanes of at least 4 members (excludes halogenated alkanes) is 1. The zero-order valence-corrected chi connectivity index (χ0v) is 21.1. The van der Waals surface area contributed by atoms with Crippen molar-refractivity contribution in [3.63, 3.8) is 0 Å². The maximum Gasteiger partial charge on any atom is 0.311 e. The fourth-order valence-corrected chi connectivity index (χ4v) is 8.31. The molecule has 0 aromatic carbocycles. The number of hydrogen-bond donors (Lipinski definition) is 1. The molecule has 1 N–H and O–H groups in total. The third-order valence-electron chi connectivity index (χ3n) is 7.29. The van der Waals surface area contributed by atoms with Crippen molar-refractivity contribution < 1.29 is 24.2 Å². The van der Waals surface area contributed by atoms with E-state index < -0.39 is 28.2 Å². The van der Waals surface area contributed by atoms with E-state index in [2.05, 4.69) is 20.1 Å². The molecule has 3 heterocycles. The number of rotatable bonds is 10. The molecule has 33 heavy (non-hydrogen) atoms. The molecule has 6 atom stereocenters. The summed E-state index contributed by atoms with van der Waals surface area (Å²) in [6.07, 6.45) is 5.15. The molecular formula is C25H38N2O5S. The quantitative estimate of drug-likeness (QED) is 0.295. The van der Waals surface area contributed by atoms with Crippen LogP contribution in [0.25, 0.3) is 0 Å². The first kappa shape index (κ1) is 25.8. The summed E-state index contributed by atoms with van der Waals surface area (Å²) in [5, 5.41) is 9.25. The Hall–Kier alpha value is -1.80. The number of thioether (sulfide) groups is 1. The van der Waals surface area contributed by atoms with Crippen LogP contribution in [0, 0.1) is 17.8 Å². The minimum atomic E-state index is -0.666. The number of amides is 2. The summed E-state index contributed by atoms with van der Waals surface area (Å²) < 4.78 is 4.74. The van der Waals surface area contributed by atoms with Crippen molar-refractivity contribution in [2.45, 2.75) is 68.5 Å². The summed E-state index contributed by atoms with van der Waals surface area (Å²) in [7, 11) is 0. The molecule has 2 amide bonds.